The van der Waals surface area contributed by atoms with Gasteiger partial charge in [0.25, 0.3) is 5.91 Å². The molecular formula is C23H27N3O3. The molecule has 1 aliphatic heterocycles. The molecule has 1 atom stereocenters. The predicted octanol–water partition coefficient (Wildman–Crippen LogP) is 3.21. The Kier molecular flexibility index (Phi) is 5.79. The number of ether oxygens (including phenoxy) is 1. The molecule has 2 fully saturated rings. The molecule has 2 amide bonds. The molecule has 2 heterocycles. The Labute approximate surface area is 171 Å². The van der Waals surface area contributed by atoms with E-state index in [1.807, 2.05) is 29.2 Å². The van der Waals surface area contributed by atoms with E-state index in [1.54, 1.807) is 31.6 Å². The first kappa shape index (κ1) is 19.4. The lowest BCUT2D eigenvalue weighted by Crippen LogP contribution is -2.44. The molecule has 0 radical (unpaired) electrons. The zero-order valence-electron chi connectivity index (χ0n) is 16.7. The first-order chi connectivity index (χ1) is 14.2. The van der Waals surface area contributed by atoms with Gasteiger partial charge in [-0.05, 0) is 61.4 Å². The molecule has 1 aromatic carbocycles. The number of carbonyl (C=O) groups is 2. The number of piperidine rings is 1. The minimum Gasteiger partial charge on any atom is -0.497 e. The minimum absolute atomic E-state index is 0.00829. The molecule has 2 aromatic rings. The molecule has 1 saturated heterocycles. The van der Waals surface area contributed by atoms with Gasteiger partial charge < -0.3 is 15.0 Å². The monoisotopic (exact) mass is 393 g/mol. The summed E-state index contributed by atoms with van der Waals surface area (Å²) in [5, 5.41) is 3.28. The van der Waals surface area contributed by atoms with Crippen LogP contribution in [0.4, 0.5) is 0 Å². The summed E-state index contributed by atoms with van der Waals surface area (Å²) in [7, 11) is 1.65. The highest BCUT2D eigenvalue weighted by Crippen LogP contribution is 2.41. The van der Waals surface area contributed by atoms with Gasteiger partial charge in [0.05, 0.1) is 18.7 Å². The molecule has 2 aliphatic rings. The number of aromatic nitrogens is 1. The number of rotatable bonds is 6. The molecule has 1 N–H and O–H groups in total. The van der Waals surface area contributed by atoms with Crippen LogP contribution in [-0.2, 0) is 4.79 Å². The number of nitrogens with zero attached hydrogens (tertiary/aromatic N) is 2. The van der Waals surface area contributed by atoms with E-state index >= 15 is 0 Å². The third-order valence-electron chi connectivity index (χ3n) is 5.93. The summed E-state index contributed by atoms with van der Waals surface area (Å²) in [6.45, 7) is 1.20. The van der Waals surface area contributed by atoms with Gasteiger partial charge in [0.2, 0.25) is 5.91 Å². The van der Waals surface area contributed by atoms with Crippen LogP contribution in [-0.4, -0.2) is 41.9 Å². The quantitative estimate of drug-likeness (QED) is 0.818. The van der Waals surface area contributed by atoms with Crippen LogP contribution in [0.2, 0.25) is 0 Å². The van der Waals surface area contributed by atoms with E-state index < -0.39 is 0 Å². The molecule has 1 aliphatic carbocycles. The van der Waals surface area contributed by atoms with Crippen molar-refractivity contribution in [1.29, 1.82) is 0 Å². The first-order valence-corrected chi connectivity index (χ1v) is 10.3. The van der Waals surface area contributed by atoms with E-state index in [0.29, 0.717) is 37.4 Å². The Hall–Kier alpha value is -2.89. The molecule has 0 unspecified atom stereocenters. The van der Waals surface area contributed by atoms with E-state index in [4.69, 9.17) is 4.74 Å². The normalized spacial score (nSPS) is 18.2. The number of benzene rings is 1. The van der Waals surface area contributed by atoms with Gasteiger partial charge >= 0.3 is 0 Å². The first-order valence-electron chi connectivity index (χ1n) is 10.3. The molecule has 6 nitrogen and oxygen atoms in total. The predicted molar refractivity (Wildman–Crippen MR) is 109 cm³/mol. The maximum absolute atomic E-state index is 12.9. The van der Waals surface area contributed by atoms with Gasteiger partial charge in [-0.15, -0.1) is 0 Å². The summed E-state index contributed by atoms with van der Waals surface area (Å²) in [4.78, 5) is 31.3. The second-order valence-corrected chi connectivity index (χ2v) is 7.91. The van der Waals surface area contributed by atoms with Gasteiger partial charge in [-0.2, -0.15) is 0 Å². The zero-order chi connectivity index (χ0) is 20.2. The summed E-state index contributed by atoms with van der Waals surface area (Å²) in [6, 6.07) is 11.6. The van der Waals surface area contributed by atoms with E-state index in [0.717, 1.165) is 24.2 Å². The second-order valence-electron chi connectivity index (χ2n) is 7.91. The SMILES string of the molecule is COc1ccc([C@H](NC(=O)C2CCN(C(=O)c3cccnc3)CC2)C2CC2)cc1. The topological polar surface area (TPSA) is 71.5 Å². The lowest BCUT2D eigenvalue weighted by atomic mass is 9.94. The molecule has 0 bridgehead atoms. The zero-order valence-corrected chi connectivity index (χ0v) is 16.7. The van der Waals surface area contributed by atoms with Crippen molar-refractivity contribution < 1.29 is 14.3 Å². The molecule has 1 aromatic heterocycles. The number of carbonyl (C=O) groups excluding carboxylic acids is 2. The van der Waals surface area contributed by atoms with Crippen LogP contribution < -0.4 is 10.1 Å². The van der Waals surface area contributed by atoms with Crippen molar-refractivity contribution in [2.45, 2.75) is 31.7 Å². The number of hydrogen-bond donors (Lipinski definition) is 1. The third kappa shape index (κ3) is 4.58. The molecule has 152 valence electrons. The van der Waals surface area contributed by atoms with Crippen LogP contribution in [0.25, 0.3) is 0 Å². The highest BCUT2D eigenvalue weighted by molar-refractivity contribution is 5.94. The molecular weight excluding hydrogens is 366 g/mol. The standard InChI is InChI=1S/C23H27N3O3/c1-29-20-8-6-17(7-9-20)21(16-4-5-16)25-22(27)18-10-13-26(14-11-18)23(28)19-3-2-12-24-15-19/h2-3,6-9,12,15-16,18,21H,4-5,10-11,13-14H2,1H3,(H,25,27)/t21-/m1/s1. The van der Waals surface area contributed by atoms with E-state index in [-0.39, 0.29) is 23.8 Å². The summed E-state index contributed by atoms with van der Waals surface area (Å²) < 4.78 is 5.24. The molecule has 29 heavy (non-hydrogen) atoms. The smallest absolute Gasteiger partial charge is 0.255 e. The van der Waals surface area contributed by atoms with Crippen LogP contribution in [0.5, 0.6) is 5.75 Å². The van der Waals surface area contributed by atoms with Gasteiger partial charge in [-0.25, -0.2) is 0 Å². The second kappa shape index (κ2) is 8.64. The molecule has 1 saturated carbocycles. The highest BCUT2D eigenvalue weighted by atomic mass is 16.5. The fourth-order valence-electron chi connectivity index (χ4n) is 4.00. The van der Waals surface area contributed by atoms with Crippen molar-refractivity contribution in [2.24, 2.45) is 11.8 Å². The Balaban J connectivity index is 1.34. The Morgan fingerprint density at radius 1 is 1.10 bits per heavy atom. The van der Waals surface area contributed by atoms with Crippen molar-refractivity contribution in [3.63, 3.8) is 0 Å². The Morgan fingerprint density at radius 2 is 1.83 bits per heavy atom. The van der Waals surface area contributed by atoms with Crippen molar-refractivity contribution in [1.82, 2.24) is 15.2 Å². The summed E-state index contributed by atoms with van der Waals surface area (Å²) in [6.07, 6.45) is 6.93. The van der Waals surface area contributed by atoms with Crippen molar-refractivity contribution in [3.8, 4) is 5.75 Å². The lowest BCUT2D eigenvalue weighted by molar-refractivity contribution is -0.127. The number of hydrogen-bond acceptors (Lipinski definition) is 4. The molecule has 0 spiro atoms. The average molecular weight is 393 g/mol. The number of likely N-dealkylation sites (tertiary alicyclic amines) is 1. The maximum atomic E-state index is 12.9. The Bertz CT molecular complexity index is 841. The highest BCUT2D eigenvalue weighted by Gasteiger charge is 2.35. The minimum atomic E-state index is -0.0487. The number of nitrogens with one attached hydrogen (secondary N) is 1. The van der Waals surface area contributed by atoms with Gasteiger partial charge in [0.1, 0.15) is 5.75 Å². The molecule has 4 rings (SSSR count). The maximum Gasteiger partial charge on any atom is 0.255 e. The van der Waals surface area contributed by atoms with Gasteiger partial charge in [0, 0.05) is 31.4 Å². The largest absolute Gasteiger partial charge is 0.497 e. The number of methoxy groups -OCH3 is 1. The van der Waals surface area contributed by atoms with Crippen molar-refractivity contribution >= 4 is 11.8 Å². The average Bonchev–Trinajstić information content (AvgIpc) is 3.63. The number of amides is 2. The van der Waals surface area contributed by atoms with Crippen LogP contribution >= 0.6 is 0 Å². The third-order valence-corrected chi connectivity index (χ3v) is 5.93. The van der Waals surface area contributed by atoms with Gasteiger partial charge in [0.15, 0.2) is 0 Å². The van der Waals surface area contributed by atoms with Crippen LogP contribution in [0.3, 0.4) is 0 Å². The van der Waals surface area contributed by atoms with Crippen LogP contribution in [0, 0.1) is 11.8 Å². The molecule has 6 heteroatoms. The van der Waals surface area contributed by atoms with E-state index in [2.05, 4.69) is 10.3 Å². The van der Waals surface area contributed by atoms with E-state index in [1.165, 1.54) is 0 Å². The van der Waals surface area contributed by atoms with Crippen molar-refractivity contribution in [3.05, 3.63) is 59.9 Å². The van der Waals surface area contributed by atoms with Crippen LogP contribution in [0.1, 0.15) is 47.6 Å². The van der Waals surface area contributed by atoms with Gasteiger partial charge in [-0.1, -0.05) is 12.1 Å². The fraction of sp³-hybridized carbons (Fsp3) is 0.435. The summed E-state index contributed by atoms with van der Waals surface area (Å²) in [5.74, 6) is 1.38. The Morgan fingerprint density at radius 3 is 2.41 bits per heavy atom. The van der Waals surface area contributed by atoms with Crippen molar-refractivity contribution in [2.75, 3.05) is 20.2 Å². The summed E-state index contributed by atoms with van der Waals surface area (Å²) >= 11 is 0. The fourth-order valence-corrected chi connectivity index (χ4v) is 4.00. The number of pyridine rings is 1. The van der Waals surface area contributed by atoms with Gasteiger partial charge in [-0.3, -0.25) is 14.6 Å². The van der Waals surface area contributed by atoms with E-state index in [9.17, 15) is 9.59 Å². The summed E-state index contributed by atoms with van der Waals surface area (Å²) in [5.41, 5.74) is 1.73. The van der Waals surface area contributed by atoms with Crippen LogP contribution in [0.15, 0.2) is 48.8 Å². The lowest BCUT2D eigenvalue weighted by Gasteiger charge is -2.32.